The maximum absolute atomic E-state index is 6.86. The Kier molecular flexibility index (Phi) is 7.05. The molecular weight excluding hydrogens is 368 g/mol. The van der Waals surface area contributed by atoms with Gasteiger partial charge in [0, 0.05) is 12.3 Å². The SMILES string of the molecule is CC(C)(C)[Si](C)(C)OC1=C(CCCCc2ccccc2)C(c2ccccc2)CC1. The zero-order chi connectivity index (χ0) is 20.9. The first-order valence-corrected chi connectivity index (χ1v) is 14.2. The van der Waals surface area contributed by atoms with Crippen LogP contribution in [0.1, 0.15) is 69.9 Å². The van der Waals surface area contributed by atoms with Crippen LogP contribution in [-0.4, -0.2) is 8.32 Å². The van der Waals surface area contributed by atoms with Gasteiger partial charge in [-0.15, -0.1) is 0 Å². The second-order valence-electron chi connectivity index (χ2n) is 10.0. The van der Waals surface area contributed by atoms with Crippen LogP contribution in [0.4, 0.5) is 0 Å². The molecule has 1 aliphatic rings. The molecule has 2 heteroatoms. The molecule has 0 radical (unpaired) electrons. The minimum Gasteiger partial charge on any atom is -0.547 e. The van der Waals surface area contributed by atoms with Crippen LogP contribution < -0.4 is 0 Å². The van der Waals surface area contributed by atoms with Crippen molar-refractivity contribution in [1.29, 1.82) is 0 Å². The first-order chi connectivity index (χ1) is 13.8. The molecule has 0 heterocycles. The lowest BCUT2D eigenvalue weighted by molar-refractivity contribution is 0.368. The van der Waals surface area contributed by atoms with Gasteiger partial charge in [-0.2, -0.15) is 0 Å². The molecular formula is C27H38OSi. The summed E-state index contributed by atoms with van der Waals surface area (Å²) in [5, 5.41) is 0.239. The van der Waals surface area contributed by atoms with E-state index in [2.05, 4.69) is 94.5 Å². The summed E-state index contributed by atoms with van der Waals surface area (Å²) < 4.78 is 6.86. The first-order valence-electron chi connectivity index (χ1n) is 11.3. The summed E-state index contributed by atoms with van der Waals surface area (Å²) in [6.07, 6.45) is 7.10. The molecule has 0 aromatic heterocycles. The van der Waals surface area contributed by atoms with E-state index < -0.39 is 8.32 Å². The van der Waals surface area contributed by atoms with E-state index in [1.54, 1.807) is 5.57 Å². The highest BCUT2D eigenvalue weighted by atomic mass is 28.4. The Labute approximate surface area is 179 Å². The average Bonchev–Trinajstić information content (AvgIpc) is 3.07. The topological polar surface area (TPSA) is 9.23 Å². The number of hydrogen-bond donors (Lipinski definition) is 0. The van der Waals surface area contributed by atoms with E-state index >= 15 is 0 Å². The van der Waals surface area contributed by atoms with Crippen LogP contribution in [0.15, 0.2) is 72.0 Å². The van der Waals surface area contributed by atoms with Crippen LogP contribution in [0.25, 0.3) is 0 Å². The highest BCUT2D eigenvalue weighted by Crippen LogP contribution is 2.46. The maximum atomic E-state index is 6.86. The smallest absolute Gasteiger partial charge is 0.250 e. The van der Waals surface area contributed by atoms with Crippen molar-refractivity contribution in [3.8, 4) is 0 Å². The molecule has 0 aliphatic heterocycles. The number of aryl methyl sites for hydroxylation is 1. The van der Waals surface area contributed by atoms with Crippen molar-refractivity contribution in [3.63, 3.8) is 0 Å². The van der Waals surface area contributed by atoms with Gasteiger partial charge < -0.3 is 4.43 Å². The molecule has 2 aromatic rings. The molecule has 2 aromatic carbocycles. The van der Waals surface area contributed by atoms with Gasteiger partial charge in [-0.25, -0.2) is 0 Å². The van der Waals surface area contributed by atoms with Crippen molar-refractivity contribution in [2.75, 3.05) is 0 Å². The molecule has 29 heavy (non-hydrogen) atoms. The Morgan fingerprint density at radius 3 is 2.07 bits per heavy atom. The van der Waals surface area contributed by atoms with Gasteiger partial charge in [0.05, 0.1) is 5.76 Å². The van der Waals surface area contributed by atoms with Crippen LogP contribution >= 0.6 is 0 Å². The molecule has 1 atom stereocenters. The second kappa shape index (κ2) is 9.34. The molecule has 1 unspecified atom stereocenters. The summed E-state index contributed by atoms with van der Waals surface area (Å²) in [4.78, 5) is 0. The van der Waals surface area contributed by atoms with Crippen LogP contribution in [0, 0.1) is 0 Å². The van der Waals surface area contributed by atoms with E-state index in [9.17, 15) is 0 Å². The van der Waals surface area contributed by atoms with E-state index in [-0.39, 0.29) is 5.04 Å². The van der Waals surface area contributed by atoms with Gasteiger partial charge in [0.25, 0.3) is 0 Å². The zero-order valence-electron chi connectivity index (χ0n) is 19.0. The molecule has 0 amide bonds. The minimum absolute atomic E-state index is 0.239. The monoisotopic (exact) mass is 406 g/mol. The summed E-state index contributed by atoms with van der Waals surface area (Å²) >= 11 is 0. The van der Waals surface area contributed by atoms with Crippen LogP contribution in [0.2, 0.25) is 18.1 Å². The third-order valence-corrected chi connectivity index (χ3v) is 11.2. The van der Waals surface area contributed by atoms with E-state index in [4.69, 9.17) is 4.43 Å². The second-order valence-corrected chi connectivity index (χ2v) is 14.7. The molecule has 3 rings (SSSR count). The van der Waals surface area contributed by atoms with E-state index in [1.165, 1.54) is 42.6 Å². The van der Waals surface area contributed by atoms with Crippen molar-refractivity contribution in [2.24, 2.45) is 0 Å². The number of allylic oxidation sites excluding steroid dienone is 2. The molecule has 0 spiro atoms. The molecule has 156 valence electrons. The number of benzene rings is 2. The van der Waals surface area contributed by atoms with Gasteiger partial charge in [-0.3, -0.25) is 0 Å². The summed E-state index contributed by atoms with van der Waals surface area (Å²) in [6.45, 7) is 11.8. The Balaban J connectivity index is 1.74. The predicted octanol–water partition coefficient (Wildman–Crippen LogP) is 8.25. The largest absolute Gasteiger partial charge is 0.547 e. The summed E-state index contributed by atoms with van der Waals surface area (Å²) in [5.74, 6) is 1.86. The molecule has 0 saturated carbocycles. The lowest BCUT2D eigenvalue weighted by Gasteiger charge is -2.37. The number of unbranched alkanes of at least 4 members (excludes halogenated alkanes) is 1. The van der Waals surface area contributed by atoms with Crippen LogP contribution in [0.3, 0.4) is 0 Å². The van der Waals surface area contributed by atoms with Gasteiger partial charge in [-0.05, 0) is 66.9 Å². The molecule has 0 fully saturated rings. The van der Waals surface area contributed by atoms with E-state index in [1.807, 2.05) is 0 Å². The fourth-order valence-electron chi connectivity index (χ4n) is 4.04. The van der Waals surface area contributed by atoms with Crippen molar-refractivity contribution >= 4 is 8.32 Å². The Hall–Kier alpha value is -1.80. The predicted molar refractivity (Wildman–Crippen MR) is 128 cm³/mol. The molecule has 0 saturated heterocycles. The normalized spacial score (nSPS) is 17.6. The highest BCUT2D eigenvalue weighted by Gasteiger charge is 2.41. The van der Waals surface area contributed by atoms with Crippen molar-refractivity contribution in [2.45, 2.75) is 83.3 Å². The Bertz CT molecular complexity index is 799. The lowest BCUT2D eigenvalue weighted by atomic mass is 9.89. The van der Waals surface area contributed by atoms with Gasteiger partial charge in [0.1, 0.15) is 0 Å². The highest BCUT2D eigenvalue weighted by molar-refractivity contribution is 6.74. The number of hydrogen-bond acceptors (Lipinski definition) is 1. The quantitative estimate of drug-likeness (QED) is 0.317. The third kappa shape index (κ3) is 5.63. The molecule has 0 N–H and O–H groups in total. The number of rotatable bonds is 8. The molecule has 1 nitrogen and oxygen atoms in total. The van der Waals surface area contributed by atoms with Gasteiger partial charge >= 0.3 is 0 Å². The van der Waals surface area contributed by atoms with Crippen molar-refractivity contribution in [3.05, 3.63) is 83.1 Å². The molecule has 1 aliphatic carbocycles. The summed E-state index contributed by atoms with van der Waals surface area (Å²) in [7, 11) is -1.80. The summed E-state index contributed by atoms with van der Waals surface area (Å²) in [5.41, 5.74) is 4.48. The Morgan fingerprint density at radius 2 is 1.45 bits per heavy atom. The first kappa shape index (κ1) is 21.9. The van der Waals surface area contributed by atoms with E-state index in [0.717, 1.165) is 12.8 Å². The fourth-order valence-corrected chi connectivity index (χ4v) is 5.19. The van der Waals surface area contributed by atoms with Gasteiger partial charge in [0.15, 0.2) is 0 Å². The lowest BCUT2D eigenvalue weighted by Crippen LogP contribution is -2.40. The van der Waals surface area contributed by atoms with E-state index in [0.29, 0.717) is 5.92 Å². The third-order valence-electron chi connectivity index (χ3n) is 6.83. The van der Waals surface area contributed by atoms with Crippen molar-refractivity contribution < 1.29 is 4.43 Å². The fraction of sp³-hybridized carbons (Fsp3) is 0.481. The minimum atomic E-state index is -1.80. The van der Waals surface area contributed by atoms with Gasteiger partial charge in [-0.1, -0.05) is 81.4 Å². The Morgan fingerprint density at radius 1 is 0.862 bits per heavy atom. The average molecular weight is 407 g/mol. The van der Waals surface area contributed by atoms with Gasteiger partial charge in [0.2, 0.25) is 8.32 Å². The van der Waals surface area contributed by atoms with Crippen LogP contribution in [-0.2, 0) is 10.8 Å². The maximum Gasteiger partial charge on any atom is 0.250 e. The summed E-state index contributed by atoms with van der Waals surface area (Å²) in [6, 6.07) is 21.9. The van der Waals surface area contributed by atoms with Crippen LogP contribution in [0.5, 0.6) is 0 Å². The zero-order valence-corrected chi connectivity index (χ0v) is 20.0. The standard InChI is InChI=1S/C27H38OSi/c1-27(2,3)29(4,5)28-26-21-20-24(23-17-10-7-11-18-23)25(26)19-13-12-16-22-14-8-6-9-15-22/h6-11,14-15,17-18,24H,12-13,16,19-21H2,1-5H3. The van der Waals surface area contributed by atoms with Crippen molar-refractivity contribution in [1.82, 2.24) is 0 Å². The molecule has 0 bridgehead atoms.